The molecule has 0 spiro atoms. The highest BCUT2D eigenvalue weighted by Gasteiger charge is 2.38. The van der Waals surface area contributed by atoms with Crippen LogP contribution in [0.4, 0.5) is 11.4 Å². The number of ether oxygens (including phenoxy) is 4. The number of hydrogen-bond donors (Lipinski definition) is 0. The molecule has 11 heteroatoms. The molecule has 10 nitrogen and oxygen atoms in total. The fraction of sp³-hybridized carbons (Fsp3) is 0.232. The molecule has 4 aliphatic heterocycles. The predicted molar refractivity (Wildman–Crippen MR) is 267 cm³/mol. The van der Waals surface area contributed by atoms with Crippen molar-refractivity contribution < 1.29 is 23.7 Å². The van der Waals surface area contributed by atoms with Crippen molar-refractivity contribution in [1.82, 2.24) is 0 Å². The third-order valence-electron chi connectivity index (χ3n) is 12.0. The minimum atomic E-state index is -1.21. The van der Waals surface area contributed by atoms with Gasteiger partial charge in [0.05, 0.1) is 37.0 Å². The summed E-state index contributed by atoms with van der Waals surface area (Å²) in [4.78, 5) is 23.3. The topological polar surface area (TPSA) is 91.8 Å². The first kappa shape index (κ1) is 45.6. The SMILES string of the molecule is C=C=N[Si](C)(C)C.[C-]#[N+]/N=C1/CC(C2CCOc3ccccc32)Oc2ccc(-c3cccc([N+]#[C-])c3)cc21.[C-]#[N+]c1cccc(-c2ccc3c(c2)C(=O)CC(C2CCOc4ccccc42)O3)c1. The van der Waals surface area contributed by atoms with E-state index in [1.54, 1.807) is 12.1 Å². The summed E-state index contributed by atoms with van der Waals surface area (Å²) in [5.41, 5.74) is 9.43. The van der Waals surface area contributed by atoms with Crippen LogP contribution in [0.5, 0.6) is 23.0 Å². The van der Waals surface area contributed by atoms with Crippen molar-refractivity contribution in [1.29, 1.82) is 0 Å². The van der Waals surface area contributed by atoms with E-state index in [0.29, 0.717) is 48.7 Å². The lowest BCUT2D eigenvalue weighted by Crippen LogP contribution is -2.35. The molecule has 4 atom stereocenters. The lowest BCUT2D eigenvalue weighted by molar-refractivity contribution is 0.0765. The summed E-state index contributed by atoms with van der Waals surface area (Å²) in [6, 6.07) is 42.7. The van der Waals surface area contributed by atoms with Gasteiger partial charge < -0.3 is 18.9 Å². The van der Waals surface area contributed by atoms with Crippen LogP contribution in [0.2, 0.25) is 19.6 Å². The van der Waals surface area contributed by atoms with E-state index in [2.05, 4.69) is 68.6 Å². The van der Waals surface area contributed by atoms with Crippen LogP contribution in [0, 0.1) is 19.7 Å². The highest BCUT2D eigenvalue weighted by atomic mass is 28.3. The van der Waals surface area contributed by atoms with E-state index in [1.807, 2.05) is 109 Å². The van der Waals surface area contributed by atoms with Crippen molar-refractivity contribution in [3.8, 4) is 45.3 Å². The number of hydrogen-bond acceptors (Lipinski definition) is 7. The molecule has 4 unspecified atom stereocenters. The molecule has 4 heterocycles. The van der Waals surface area contributed by atoms with Gasteiger partial charge in [0.2, 0.25) is 0 Å². The number of nitrogens with zero attached hydrogens (tertiary/aromatic N) is 5. The van der Waals surface area contributed by atoms with Gasteiger partial charge in [0, 0.05) is 41.4 Å². The molecular formula is C56H49N5O5Si. The number of ketones is 1. The Bertz CT molecular complexity index is 3040. The molecule has 332 valence electrons. The zero-order chi connectivity index (χ0) is 46.9. The summed E-state index contributed by atoms with van der Waals surface area (Å²) in [6.07, 6.45) is 2.35. The van der Waals surface area contributed by atoms with E-state index in [9.17, 15) is 4.79 Å². The van der Waals surface area contributed by atoms with E-state index in [4.69, 9.17) is 38.7 Å². The first-order chi connectivity index (χ1) is 32.5. The van der Waals surface area contributed by atoms with Gasteiger partial charge in [0.1, 0.15) is 40.9 Å². The summed E-state index contributed by atoms with van der Waals surface area (Å²) in [6.45, 7) is 32.9. The Morgan fingerprint density at radius 1 is 0.597 bits per heavy atom. The Hall–Kier alpha value is -8.00. The van der Waals surface area contributed by atoms with Crippen LogP contribution < -0.4 is 18.9 Å². The normalized spacial score (nSPS) is 19.1. The van der Waals surface area contributed by atoms with Crippen LogP contribution in [0.15, 0.2) is 150 Å². The summed E-state index contributed by atoms with van der Waals surface area (Å²) >= 11 is 0. The average Bonchev–Trinajstić information content (AvgIpc) is 3.36. The first-order valence-corrected chi connectivity index (χ1v) is 25.7. The molecule has 10 rings (SSSR count). The lowest BCUT2D eigenvalue weighted by atomic mass is 9.83. The number of fused-ring (bicyclic) bond motifs is 4. The molecule has 0 amide bonds. The second-order valence-electron chi connectivity index (χ2n) is 17.5. The predicted octanol–water partition coefficient (Wildman–Crippen LogP) is 13.7. The summed E-state index contributed by atoms with van der Waals surface area (Å²) in [7, 11) is -1.21. The van der Waals surface area contributed by atoms with Gasteiger partial charge in [0.15, 0.2) is 25.4 Å². The highest BCUT2D eigenvalue weighted by Crippen LogP contribution is 2.44. The Balaban J connectivity index is 0.000000160. The van der Waals surface area contributed by atoms with Crippen molar-refractivity contribution >= 4 is 37.0 Å². The van der Waals surface area contributed by atoms with Crippen molar-refractivity contribution in [2.24, 2.45) is 9.76 Å². The van der Waals surface area contributed by atoms with E-state index in [1.165, 1.54) is 0 Å². The molecule has 67 heavy (non-hydrogen) atoms. The van der Waals surface area contributed by atoms with Gasteiger partial charge in [-0.3, -0.25) is 9.45 Å². The highest BCUT2D eigenvalue weighted by molar-refractivity contribution is 6.75. The average molecular weight is 900 g/mol. The summed E-state index contributed by atoms with van der Waals surface area (Å²) < 4.78 is 28.4. The van der Waals surface area contributed by atoms with Gasteiger partial charge in [-0.05, 0) is 116 Å². The molecule has 0 N–H and O–H groups in total. The summed E-state index contributed by atoms with van der Waals surface area (Å²) in [5, 5.41) is 4.14. The zero-order valence-electron chi connectivity index (χ0n) is 37.7. The zero-order valence-corrected chi connectivity index (χ0v) is 38.7. The lowest BCUT2D eigenvalue weighted by Gasteiger charge is -2.35. The smallest absolute Gasteiger partial charge is 0.187 e. The molecule has 0 saturated heterocycles. The number of benzene rings is 6. The fourth-order valence-corrected chi connectivity index (χ4v) is 9.41. The van der Waals surface area contributed by atoms with Crippen LogP contribution >= 0.6 is 0 Å². The molecule has 0 saturated carbocycles. The second-order valence-corrected chi connectivity index (χ2v) is 22.1. The van der Waals surface area contributed by atoms with Gasteiger partial charge in [0.25, 0.3) is 0 Å². The number of carbonyl (C=O) groups excluding carboxylic acids is 1. The van der Waals surface area contributed by atoms with Crippen molar-refractivity contribution in [2.75, 3.05) is 13.2 Å². The first-order valence-electron chi connectivity index (χ1n) is 22.3. The van der Waals surface area contributed by atoms with Crippen LogP contribution in [0.1, 0.15) is 64.6 Å². The van der Waals surface area contributed by atoms with Crippen molar-refractivity contribution in [3.63, 3.8) is 0 Å². The maximum atomic E-state index is 13.0. The molecule has 0 bridgehead atoms. The number of para-hydroxylation sites is 2. The fourth-order valence-electron chi connectivity index (χ4n) is 8.93. The van der Waals surface area contributed by atoms with E-state index in [-0.39, 0.29) is 29.8 Å². The van der Waals surface area contributed by atoms with Gasteiger partial charge in [-0.1, -0.05) is 84.9 Å². The molecule has 0 aliphatic carbocycles. The molecular weight excluding hydrogens is 851 g/mol. The van der Waals surface area contributed by atoms with Crippen LogP contribution in [0.3, 0.4) is 0 Å². The Labute approximate surface area is 393 Å². The van der Waals surface area contributed by atoms with E-state index in [0.717, 1.165) is 74.7 Å². The maximum Gasteiger partial charge on any atom is 0.187 e. The third kappa shape index (κ3) is 10.6. The van der Waals surface area contributed by atoms with E-state index < -0.39 is 8.24 Å². The van der Waals surface area contributed by atoms with Gasteiger partial charge >= 0.3 is 0 Å². The largest absolute Gasteiger partial charge is 0.493 e. The van der Waals surface area contributed by atoms with Gasteiger partial charge in [-0.15, -0.1) is 4.95 Å². The van der Waals surface area contributed by atoms with Crippen LogP contribution in [-0.2, 0) is 0 Å². The summed E-state index contributed by atoms with van der Waals surface area (Å²) in [5.74, 6) is 6.16. The number of rotatable bonds is 5. The Morgan fingerprint density at radius 2 is 1.09 bits per heavy atom. The van der Waals surface area contributed by atoms with Crippen molar-refractivity contribution in [2.45, 2.75) is 69.4 Å². The Kier molecular flexibility index (Phi) is 13.9. The number of Topliss-reactive ketones (excluding diaryl/α,β-unsaturated/α-hetero) is 1. The molecule has 6 aromatic rings. The van der Waals surface area contributed by atoms with Crippen molar-refractivity contribution in [3.05, 3.63) is 197 Å². The van der Waals surface area contributed by atoms with Crippen LogP contribution in [-0.4, -0.2) is 51.0 Å². The minimum Gasteiger partial charge on any atom is -0.493 e. The molecule has 0 fully saturated rings. The molecule has 4 aliphatic rings. The van der Waals surface area contributed by atoms with Gasteiger partial charge in [-0.25, -0.2) is 9.69 Å². The maximum absolute atomic E-state index is 13.0. The van der Waals surface area contributed by atoms with Crippen LogP contribution in [0.25, 0.3) is 36.9 Å². The molecule has 0 radical (unpaired) electrons. The quantitative estimate of drug-likeness (QED) is 0.0744. The second kappa shape index (κ2) is 20.4. The monoisotopic (exact) mass is 899 g/mol. The number of carbonyl (C=O) groups is 1. The molecule has 0 aromatic heterocycles. The van der Waals surface area contributed by atoms with E-state index >= 15 is 0 Å². The third-order valence-corrected chi connectivity index (χ3v) is 12.8. The minimum absolute atomic E-state index is 0.100. The Morgan fingerprint density at radius 3 is 1.58 bits per heavy atom. The van der Waals surface area contributed by atoms with Gasteiger partial charge in [-0.2, -0.15) is 6.57 Å². The standard InChI is InChI=1S/C26H19N3O2.C25H19NO3.C5H11NSi/c1-27-19-7-5-6-17(14-19)18-10-11-25-22(15-18)23(29-28-2)16-26(31-25)21-12-13-30-24-9-4-3-8-20(21)24;1-26-18-6-4-5-16(13-18)17-9-10-24-21(14-17)22(27)15-25(29-24)20-11-12-28-23-8-3-2-7-19(20)23;1-5-6-7(2,3)4/h3-11,14-15,21,26H,12-13,16H2;2-10,13-14,20,25H,11-12,15H2;1H2,2-4H3/b29-23-;;. The molecule has 6 aromatic carbocycles.